The zero-order valence-corrected chi connectivity index (χ0v) is 17.6. The van der Waals surface area contributed by atoms with Crippen LogP contribution in [0.15, 0.2) is 18.2 Å². The number of benzene rings is 1. The Kier molecular flexibility index (Phi) is 6.35. The summed E-state index contributed by atoms with van der Waals surface area (Å²) in [5.74, 6) is 0.424. The summed E-state index contributed by atoms with van der Waals surface area (Å²) < 4.78 is 49.9. The highest BCUT2D eigenvalue weighted by molar-refractivity contribution is 6.31. The van der Waals surface area contributed by atoms with Gasteiger partial charge in [-0.1, -0.05) is 11.6 Å². The van der Waals surface area contributed by atoms with Crippen LogP contribution in [0.5, 0.6) is 5.75 Å². The number of carbonyl (C=O) groups is 2. The summed E-state index contributed by atoms with van der Waals surface area (Å²) in [5.41, 5.74) is -0.893. The molecule has 0 radical (unpaired) electrons. The summed E-state index contributed by atoms with van der Waals surface area (Å²) in [6, 6.07) is 3.32. The van der Waals surface area contributed by atoms with Gasteiger partial charge >= 0.3 is 12.2 Å². The van der Waals surface area contributed by atoms with Crippen molar-refractivity contribution < 1.29 is 32.2 Å². The molecule has 3 saturated heterocycles. The highest BCUT2D eigenvalue weighted by atomic mass is 35.5. The minimum absolute atomic E-state index is 0.0486. The van der Waals surface area contributed by atoms with Crippen molar-refractivity contribution >= 4 is 23.4 Å². The zero-order valence-electron chi connectivity index (χ0n) is 16.9. The molecule has 0 aliphatic carbocycles. The van der Waals surface area contributed by atoms with Gasteiger partial charge in [-0.25, -0.2) is 4.79 Å². The van der Waals surface area contributed by atoms with Gasteiger partial charge in [-0.3, -0.25) is 4.79 Å². The van der Waals surface area contributed by atoms with E-state index in [9.17, 15) is 22.8 Å². The topological polar surface area (TPSA) is 59.1 Å². The molecule has 31 heavy (non-hydrogen) atoms. The van der Waals surface area contributed by atoms with Crippen LogP contribution in [0.4, 0.5) is 18.0 Å². The fourth-order valence-corrected chi connectivity index (χ4v) is 4.79. The molecule has 1 aromatic rings. The molecule has 170 valence electrons. The van der Waals surface area contributed by atoms with Crippen molar-refractivity contribution in [2.45, 2.75) is 44.1 Å². The maximum atomic E-state index is 12.9. The molecule has 6 nitrogen and oxygen atoms in total. The lowest BCUT2D eigenvalue weighted by atomic mass is 9.88. The number of likely N-dealkylation sites (tertiary alicyclic amines) is 2. The van der Waals surface area contributed by atoms with Crippen LogP contribution in [-0.2, 0) is 15.7 Å². The van der Waals surface area contributed by atoms with E-state index >= 15 is 0 Å². The Morgan fingerprint density at radius 3 is 2.52 bits per heavy atom. The number of Topliss-reactive ketones (excluding diaryl/α,β-unsaturated/α-hetero) is 1. The number of hydrogen-bond acceptors (Lipinski definition) is 4. The molecule has 0 saturated carbocycles. The summed E-state index contributed by atoms with van der Waals surface area (Å²) in [6.45, 7) is 2.30. The molecule has 10 heteroatoms. The third-order valence-corrected chi connectivity index (χ3v) is 6.46. The molecule has 3 heterocycles. The van der Waals surface area contributed by atoms with E-state index in [1.165, 1.54) is 12.1 Å². The second-order valence-electron chi connectivity index (χ2n) is 8.31. The fraction of sp³-hybridized carbons (Fsp3) is 0.619. The molecule has 0 unspecified atom stereocenters. The largest absolute Gasteiger partial charge is 0.490 e. The van der Waals surface area contributed by atoms with Gasteiger partial charge in [0.25, 0.3) is 0 Å². The van der Waals surface area contributed by atoms with Gasteiger partial charge in [0.15, 0.2) is 5.78 Å². The summed E-state index contributed by atoms with van der Waals surface area (Å²) in [6.07, 6.45) is -2.31. The van der Waals surface area contributed by atoms with E-state index in [1.807, 2.05) is 0 Å². The van der Waals surface area contributed by atoms with Crippen LogP contribution in [0.3, 0.4) is 0 Å². The average Bonchev–Trinajstić information content (AvgIpc) is 2.72. The van der Waals surface area contributed by atoms with E-state index in [0.29, 0.717) is 45.4 Å². The van der Waals surface area contributed by atoms with Crippen molar-refractivity contribution in [1.82, 2.24) is 9.80 Å². The molecule has 2 amide bonds. The van der Waals surface area contributed by atoms with Gasteiger partial charge in [-0.15, -0.1) is 0 Å². The molecule has 2 atom stereocenters. The number of ketones is 1. The van der Waals surface area contributed by atoms with Crippen molar-refractivity contribution in [2.24, 2.45) is 5.92 Å². The molecule has 3 fully saturated rings. The predicted molar refractivity (Wildman–Crippen MR) is 106 cm³/mol. The van der Waals surface area contributed by atoms with Crippen molar-refractivity contribution in [1.29, 1.82) is 0 Å². The van der Waals surface area contributed by atoms with Gasteiger partial charge < -0.3 is 19.3 Å². The number of carbonyl (C=O) groups excluding carboxylic acids is 2. The second-order valence-corrected chi connectivity index (χ2v) is 8.72. The number of alkyl halides is 3. The number of hydrogen-bond donors (Lipinski definition) is 0. The van der Waals surface area contributed by atoms with Crippen LogP contribution in [0, 0.1) is 5.92 Å². The van der Waals surface area contributed by atoms with Crippen LogP contribution >= 0.6 is 11.6 Å². The standard InChI is InChI=1S/C21H24ClF3N2O4/c22-18-10-16(1-2-17(18)21(23,24)25)31-15-3-6-26(7-4-15)20(29)27-8-5-19-13(11-27)9-14(28)12-30-19/h1-2,10,13,15,19H,3-9,11-12H2/t13-,19+/m1/s1. The van der Waals surface area contributed by atoms with Crippen molar-refractivity contribution in [3.8, 4) is 5.75 Å². The van der Waals surface area contributed by atoms with E-state index in [2.05, 4.69) is 0 Å². The average molecular weight is 461 g/mol. The van der Waals surface area contributed by atoms with E-state index in [-0.39, 0.29) is 42.3 Å². The predicted octanol–water partition coefficient (Wildman–Crippen LogP) is 4.00. The van der Waals surface area contributed by atoms with Gasteiger partial charge in [0.2, 0.25) is 0 Å². The summed E-state index contributed by atoms with van der Waals surface area (Å²) in [5, 5.41) is -0.397. The highest BCUT2D eigenvalue weighted by Gasteiger charge is 2.38. The SMILES string of the molecule is O=C1CO[C@H]2CCN(C(=O)N3CCC(Oc4ccc(C(F)(F)F)c(Cl)c4)CC3)C[C@H]2C1. The lowest BCUT2D eigenvalue weighted by Crippen LogP contribution is -2.55. The first kappa shape index (κ1) is 22.2. The smallest absolute Gasteiger partial charge is 0.417 e. The summed E-state index contributed by atoms with van der Waals surface area (Å²) >= 11 is 5.75. The second kappa shape index (κ2) is 8.86. The maximum Gasteiger partial charge on any atom is 0.417 e. The lowest BCUT2D eigenvalue weighted by molar-refractivity contribution is -0.140. The number of urea groups is 1. The number of piperidine rings is 2. The number of fused-ring (bicyclic) bond motifs is 1. The monoisotopic (exact) mass is 460 g/mol. The first-order chi connectivity index (χ1) is 14.7. The van der Waals surface area contributed by atoms with Gasteiger partial charge in [-0.05, 0) is 24.6 Å². The molecule has 0 bridgehead atoms. The third kappa shape index (κ3) is 5.09. The van der Waals surface area contributed by atoms with E-state index in [4.69, 9.17) is 21.1 Å². The normalized spacial score (nSPS) is 25.4. The quantitative estimate of drug-likeness (QED) is 0.669. The van der Waals surface area contributed by atoms with E-state index in [0.717, 1.165) is 12.5 Å². The molecular weight excluding hydrogens is 437 g/mol. The number of halogens is 4. The number of ether oxygens (including phenoxy) is 2. The van der Waals surface area contributed by atoms with E-state index in [1.54, 1.807) is 9.80 Å². The molecule has 0 aromatic heterocycles. The molecule has 0 spiro atoms. The number of nitrogens with zero attached hydrogens (tertiary/aromatic N) is 2. The summed E-state index contributed by atoms with van der Waals surface area (Å²) in [7, 11) is 0. The molecule has 3 aliphatic rings. The highest BCUT2D eigenvalue weighted by Crippen LogP contribution is 2.37. The Morgan fingerprint density at radius 2 is 1.84 bits per heavy atom. The van der Waals surface area contributed by atoms with Crippen molar-refractivity contribution in [2.75, 3.05) is 32.8 Å². The van der Waals surface area contributed by atoms with Crippen LogP contribution in [-0.4, -0.2) is 66.6 Å². The lowest BCUT2D eigenvalue weighted by Gasteiger charge is -2.43. The van der Waals surface area contributed by atoms with E-state index < -0.39 is 16.8 Å². The van der Waals surface area contributed by atoms with Crippen LogP contribution in [0.1, 0.15) is 31.2 Å². The first-order valence-electron chi connectivity index (χ1n) is 10.4. The van der Waals surface area contributed by atoms with Crippen molar-refractivity contribution in [3.63, 3.8) is 0 Å². The maximum absolute atomic E-state index is 12.9. The Labute approximate surface area is 183 Å². The number of amides is 2. The Hall–Kier alpha value is -2.00. The third-order valence-electron chi connectivity index (χ3n) is 6.14. The molecule has 0 N–H and O–H groups in total. The zero-order chi connectivity index (χ0) is 22.2. The minimum atomic E-state index is -4.51. The Bertz CT molecular complexity index is 842. The van der Waals surface area contributed by atoms with Gasteiger partial charge in [0.1, 0.15) is 18.5 Å². The molecule has 3 aliphatic heterocycles. The van der Waals surface area contributed by atoms with Crippen molar-refractivity contribution in [3.05, 3.63) is 28.8 Å². The fourth-order valence-electron chi connectivity index (χ4n) is 4.51. The van der Waals surface area contributed by atoms with Crippen LogP contribution in [0.2, 0.25) is 5.02 Å². The van der Waals surface area contributed by atoms with Crippen LogP contribution < -0.4 is 4.74 Å². The number of rotatable bonds is 2. The van der Waals surface area contributed by atoms with Gasteiger partial charge in [0.05, 0.1) is 16.7 Å². The Balaban J connectivity index is 1.28. The summed E-state index contributed by atoms with van der Waals surface area (Å²) in [4.78, 5) is 28.1. The Morgan fingerprint density at radius 1 is 1.13 bits per heavy atom. The minimum Gasteiger partial charge on any atom is -0.490 e. The van der Waals surface area contributed by atoms with Gasteiger partial charge in [-0.2, -0.15) is 13.2 Å². The van der Waals surface area contributed by atoms with Gasteiger partial charge in [0, 0.05) is 51.4 Å². The van der Waals surface area contributed by atoms with Crippen LogP contribution in [0.25, 0.3) is 0 Å². The molecular formula is C21H24ClF3N2O4. The molecule has 4 rings (SSSR count). The first-order valence-corrected chi connectivity index (χ1v) is 10.8. The molecule has 1 aromatic carbocycles.